The lowest BCUT2D eigenvalue weighted by Crippen LogP contribution is -2.25. The van der Waals surface area contributed by atoms with Gasteiger partial charge in [0.25, 0.3) is 0 Å². The van der Waals surface area contributed by atoms with E-state index >= 15 is 0 Å². The van der Waals surface area contributed by atoms with Crippen molar-refractivity contribution in [3.05, 3.63) is 46.0 Å². The van der Waals surface area contributed by atoms with Gasteiger partial charge in [-0.05, 0) is 53.5 Å². The van der Waals surface area contributed by atoms with Gasteiger partial charge in [-0.15, -0.1) is 0 Å². The Morgan fingerprint density at radius 1 is 1.40 bits per heavy atom. The first-order valence-electron chi connectivity index (χ1n) is 7.04. The van der Waals surface area contributed by atoms with Gasteiger partial charge in [0.2, 0.25) is 0 Å². The number of rotatable bonds is 6. The summed E-state index contributed by atoms with van der Waals surface area (Å²) in [6.45, 7) is 8.13. The van der Waals surface area contributed by atoms with Gasteiger partial charge in [0.1, 0.15) is 0 Å². The molecule has 0 amide bonds. The highest BCUT2D eigenvalue weighted by Crippen LogP contribution is 2.29. The number of aryl methyl sites for hydroxylation is 2. The third-order valence-electron chi connectivity index (χ3n) is 3.20. The molecule has 2 rings (SSSR count). The van der Waals surface area contributed by atoms with Crippen molar-refractivity contribution in [2.45, 2.75) is 39.8 Å². The molecule has 0 saturated heterocycles. The van der Waals surface area contributed by atoms with Crippen molar-refractivity contribution in [2.24, 2.45) is 0 Å². The van der Waals surface area contributed by atoms with Gasteiger partial charge in [0.05, 0.1) is 22.4 Å². The second-order valence-corrected chi connectivity index (χ2v) is 5.68. The minimum absolute atomic E-state index is 0.130. The van der Waals surface area contributed by atoms with Gasteiger partial charge in [0, 0.05) is 18.4 Å². The molecule has 1 unspecified atom stereocenters. The monoisotopic (exact) mass is 336 g/mol. The molecule has 0 aliphatic heterocycles. The fraction of sp³-hybridized carbons (Fsp3) is 0.467. The topological polar surface area (TPSA) is 42.7 Å². The first-order chi connectivity index (χ1) is 9.67. The minimum atomic E-state index is 0.130. The van der Waals surface area contributed by atoms with Gasteiger partial charge in [-0.1, -0.05) is 13.8 Å². The highest BCUT2D eigenvalue weighted by atomic mass is 79.9. The van der Waals surface area contributed by atoms with Crippen LogP contribution < -0.4 is 5.32 Å². The van der Waals surface area contributed by atoms with Crippen LogP contribution in [0.25, 0.3) is 0 Å². The zero-order chi connectivity index (χ0) is 14.5. The summed E-state index contributed by atoms with van der Waals surface area (Å²) in [5.74, 6) is 0. The molecular weight excluding hydrogens is 316 g/mol. The smallest absolute Gasteiger partial charge is 0.0760 e. The zero-order valence-electron chi connectivity index (χ0n) is 12.2. The molecule has 0 aromatic carbocycles. The fourth-order valence-electron chi connectivity index (χ4n) is 2.37. The van der Waals surface area contributed by atoms with Gasteiger partial charge >= 0.3 is 0 Å². The number of pyridine rings is 1. The number of nitrogens with one attached hydrogen (secondary N) is 1. The molecule has 2 aromatic heterocycles. The summed E-state index contributed by atoms with van der Waals surface area (Å²) in [7, 11) is 0. The van der Waals surface area contributed by atoms with E-state index in [4.69, 9.17) is 0 Å². The number of nitrogens with zero attached hydrogens (tertiary/aromatic N) is 3. The molecular formula is C15H21BrN4. The number of aromatic nitrogens is 3. The molecule has 1 atom stereocenters. The average Bonchev–Trinajstić information content (AvgIpc) is 2.78. The maximum Gasteiger partial charge on any atom is 0.0760 e. The van der Waals surface area contributed by atoms with Gasteiger partial charge in [-0.2, -0.15) is 5.10 Å². The van der Waals surface area contributed by atoms with Crippen LogP contribution in [0, 0.1) is 6.92 Å². The van der Waals surface area contributed by atoms with Crippen LogP contribution in [-0.2, 0) is 6.54 Å². The molecule has 0 bridgehead atoms. The van der Waals surface area contributed by atoms with E-state index < -0.39 is 0 Å². The van der Waals surface area contributed by atoms with Crippen LogP contribution in [0.4, 0.5) is 0 Å². The average molecular weight is 337 g/mol. The van der Waals surface area contributed by atoms with Crippen LogP contribution in [0.5, 0.6) is 0 Å². The Hall–Kier alpha value is -1.20. The lowest BCUT2D eigenvalue weighted by atomic mass is 10.0. The molecule has 4 nitrogen and oxygen atoms in total. The Morgan fingerprint density at radius 2 is 2.20 bits per heavy atom. The highest BCUT2D eigenvalue weighted by Gasteiger charge is 2.21. The molecule has 0 saturated carbocycles. The van der Waals surface area contributed by atoms with E-state index in [9.17, 15) is 0 Å². The van der Waals surface area contributed by atoms with Crippen LogP contribution in [0.2, 0.25) is 0 Å². The minimum Gasteiger partial charge on any atom is -0.305 e. The van der Waals surface area contributed by atoms with Crippen molar-refractivity contribution in [1.82, 2.24) is 20.1 Å². The molecule has 2 aromatic rings. The standard InChI is InChI=1S/C15H21BrN4/c1-4-8-20-15(13(16)10-19-20)14(17-5-2)12-6-7-18-11(3)9-12/h6-7,9-10,14,17H,4-5,8H2,1-3H3. The van der Waals surface area contributed by atoms with E-state index in [1.165, 1.54) is 11.3 Å². The third kappa shape index (κ3) is 3.27. The first-order valence-corrected chi connectivity index (χ1v) is 7.83. The maximum atomic E-state index is 4.47. The van der Waals surface area contributed by atoms with Crippen molar-refractivity contribution in [3.63, 3.8) is 0 Å². The fourth-order valence-corrected chi connectivity index (χ4v) is 2.90. The normalized spacial score (nSPS) is 12.6. The van der Waals surface area contributed by atoms with E-state index in [-0.39, 0.29) is 6.04 Å². The molecule has 0 aliphatic rings. The Morgan fingerprint density at radius 3 is 2.85 bits per heavy atom. The molecule has 0 fully saturated rings. The van der Waals surface area contributed by atoms with Crippen molar-refractivity contribution < 1.29 is 0 Å². The lowest BCUT2D eigenvalue weighted by Gasteiger charge is -2.21. The molecule has 2 heterocycles. The van der Waals surface area contributed by atoms with Gasteiger partial charge in [0.15, 0.2) is 0 Å². The summed E-state index contributed by atoms with van der Waals surface area (Å²) in [5, 5.41) is 8.02. The predicted octanol–water partition coefficient (Wildman–Crippen LogP) is 3.46. The predicted molar refractivity (Wildman–Crippen MR) is 84.7 cm³/mol. The number of hydrogen-bond acceptors (Lipinski definition) is 3. The van der Waals surface area contributed by atoms with Crippen molar-refractivity contribution in [1.29, 1.82) is 0 Å². The van der Waals surface area contributed by atoms with Gasteiger partial charge < -0.3 is 5.32 Å². The largest absolute Gasteiger partial charge is 0.305 e. The van der Waals surface area contributed by atoms with Crippen LogP contribution in [0.15, 0.2) is 29.0 Å². The van der Waals surface area contributed by atoms with Crippen molar-refractivity contribution in [3.8, 4) is 0 Å². The molecule has 0 spiro atoms. The summed E-state index contributed by atoms with van der Waals surface area (Å²) in [6, 6.07) is 4.32. The molecule has 0 aliphatic carbocycles. The lowest BCUT2D eigenvalue weighted by molar-refractivity contribution is 0.518. The van der Waals surface area contributed by atoms with E-state index in [1.54, 1.807) is 0 Å². The number of hydrogen-bond donors (Lipinski definition) is 1. The quantitative estimate of drug-likeness (QED) is 0.878. The van der Waals surface area contributed by atoms with Crippen molar-refractivity contribution in [2.75, 3.05) is 6.54 Å². The summed E-state index contributed by atoms with van der Waals surface area (Å²) >= 11 is 3.63. The summed E-state index contributed by atoms with van der Waals surface area (Å²) in [5.41, 5.74) is 3.43. The Bertz CT molecular complexity index is 565. The van der Waals surface area contributed by atoms with Crippen LogP contribution >= 0.6 is 15.9 Å². The molecule has 20 heavy (non-hydrogen) atoms. The van der Waals surface area contributed by atoms with Crippen molar-refractivity contribution >= 4 is 15.9 Å². The Kier molecular flexibility index (Phi) is 5.31. The molecule has 108 valence electrons. The second-order valence-electron chi connectivity index (χ2n) is 4.82. The van der Waals surface area contributed by atoms with Crippen LogP contribution in [-0.4, -0.2) is 21.3 Å². The van der Waals surface area contributed by atoms with E-state index in [0.29, 0.717) is 0 Å². The van der Waals surface area contributed by atoms with Gasteiger partial charge in [-0.3, -0.25) is 9.67 Å². The molecule has 5 heteroatoms. The Labute approximate surface area is 128 Å². The SMILES string of the molecule is CCCn1ncc(Br)c1C(NCC)c1ccnc(C)c1. The summed E-state index contributed by atoms with van der Waals surface area (Å²) in [4.78, 5) is 4.28. The first kappa shape index (κ1) is 15.2. The maximum absolute atomic E-state index is 4.47. The third-order valence-corrected chi connectivity index (χ3v) is 3.82. The summed E-state index contributed by atoms with van der Waals surface area (Å²) in [6.07, 6.45) is 4.81. The van der Waals surface area contributed by atoms with E-state index in [2.05, 4.69) is 62.0 Å². The zero-order valence-corrected chi connectivity index (χ0v) is 13.8. The highest BCUT2D eigenvalue weighted by molar-refractivity contribution is 9.10. The Balaban J connectivity index is 2.45. The summed E-state index contributed by atoms with van der Waals surface area (Å²) < 4.78 is 3.12. The molecule has 0 radical (unpaired) electrons. The second kappa shape index (κ2) is 6.99. The van der Waals surface area contributed by atoms with E-state index in [0.717, 1.165) is 29.7 Å². The van der Waals surface area contributed by atoms with Crippen LogP contribution in [0.3, 0.4) is 0 Å². The molecule has 1 N–H and O–H groups in total. The van der Waals surface area contributed by atoms with Gasteiger partial charge in [-0.25, -0.2) is 0 Å². The van der Waals surface area contributed by atoms with E-state index in [1.807, 2.05) is 19.3 Å². The number of halogens is 1. The van der Waals surface area contributed by atoms with Crippen LogP contribution in [0.1, 0.15) is 43.3 Å².